The zero-order chi connectivity index (χ0) is 8.27. The lowest BCUT2D eigenvalue weighted by atomic mass is 9.99. The molecule has 2 unspecified atom stereocenters. The number of carbonyl (C=O) groups excluding carboxylic acids is 1. The molecule has 4 N–H and O–H groups in total. The van der Waals surface area contributed by atoms with Gasteiger partial charge in [0.2, 0.25) is 5.91 Å². The van der Waals surface area contributed by atoms with Gasteiger partial charge in [-0.25, -0.2) is 0 Å². The lowest BCUT2D eigenvalue weighted by Crippen LogP contribution is -2.41. The van der Waals surface area contributed by atoms with Gasteiger partial charge < -0.3 is 16.2 Å². The Hall–Kier alpha value is -0.610. The molecule has 4 heteroatoms. The number of carbonyl (C=O) groups is 1. The van der Waals surface area contributed by atoms with E-state index in [4.69, 9.17) is 10.8 Å². The summed E-state index contributed by atoms with van der Waals surface area (Å²) in [6, 6.07) is 0.0949. The monoisotopic (exact) mass is 158 g/mol. The number of nitrogens with one attached hydrogen (secondary N) is 1. The minimum Gasteiger partial charge on any atom is -0.395 e. The van der Waals surface area contributed by atoms with Crippen LogP contribution in [0.1, 0.15) is 12.8 Å². The predicted octanol–water partition coefficient (Wildman–Crippen LogP) is -1.17. The van der Waals surface area contributed by atoms with Crippen LogP contribution >= 0.6 is 0 Å². The van der Waals surface area contributed by atoms with Gasteiger partial charge in [0.25, 0.3) is 0 Å². The Balaban J connectivity index is 2.46. The molecule has 0 aromatic carbocycles. The summed E-state index contributed by atoms with van der Waals surface area (Å²) < 4.78 is 0. The zero-order valence-electron chi connectivity index (χ0n) is 6.42. The highest BCUT2D eigenvalue weighted by Gasteiger charge is 2.27. The Labute approximate surface area is 65.8 Å². The smallest absolute Gasteiger partial charge is 0.224 e. The van der Waals surface area contributed by atoms with E-state index < -0.39 is 11.8 Å². The first-order chi connectivity index (χ1) is 5.25. The van der Waals surface area contributed by atoms with Crippen LogP contribution in [0.15, 0.2) is 0 Å². The summed E-state index contributed by atoms with van der Waals surface area (Å²) in [5, 5.41) is 11.9. The fourth-order valence-electron chi connectivity index (χ4n) is 1.47. The summed E-state index contributed by atoms with van der Waals surface area (Å²) >= 11 is 0. The molecule has 0 bridgehead atoms. The van der Waals surface area contributed by atoms with Crippen LogP contribution < -0.4 is 11.1 Å². The summed E-state index contributed by atoms with van der Waals surface area (Å²) in [4.78, 5) is 10.7. The van der Waals surface area contributed by atoms with Gasteiger partial charge in [0, 0.05) is 6.04 Å². The molecule has 1 amide bonds. The van der Waals surface area contributed by atoms with Gasteiger partial charge in [-0.15, -0.1) is 0 Å². The number of rotatable bonds is 3. The lowest BCUT2D eigenvalue weighted by Gasteiger charge is -2.17. The van der Waals surface area contributed by atoms with Crippen LogP contribution in [0.4, 0.5) is 0 Å². The van der Waals surface area contributed by atoms with Crippen molar-refractivity contribution in [3.8, 4) is 0 Å². The van der Waals surface area contributed by atoms with Gasteiger partial charge >= 0.3 is 0 Å². The maximum absolute atomic E-state index is 10.7. The summed E-state index contributed by atoms with van der Waals surface area (Å²) in [5.41, 5.74) is 5.09. The van der Waals surface area contributed by atoms with Crippen LogP contribution in [0.5, 0.6) is 0 Å². The first kappa shape index (κ1) is 8.49. The fourth-order valence-corrected chi connectivity index (χ4v) is 1.47. The molecule has 0 radical (unpaired) electrons. The van der Waals surface area contributed by atoms with E-state index >= 15 is 0 Å². The Kier molecular flexibility index (Phi) is 2.84. The molecule has 1 saturated heterocycles. The van der Waals surface area contributed by atoms with E-state index in [0.29, 0.717) is 0 Å². The third-order valence-electron chi connectivity index (χ3n) is 2.15. The van der Waals surface area contributed by atoms with Gasteiger partial charge in [-0.05, 0) is 19.4 Å². The molecule has 64 valence electrons. The van der Waals surface area contributed by atoms with Gasteiger partial charge in [0.05, 0.1) is 12.5 Å². The zero-order valence-corrected chi connectivity index (χ0v) is 6.42. The molecule has 1 aliphatic heterocycles. The Morgan fingerprint density at radius 2 is 2.55 bits per heavy atom. The summed E-state index contributed by atoms with van der Waals surface area (Å²) in [5.74, 6) is -0.815. The van der Waals surface area contributed by atoms with E-state index in [1.54, 1.807) is 0 Å². The first-order valence-electron chi connectivity index (χ1n) is 3.89. The Morgan fingerprint density at radius 3 is 2.91 bits per heavy atom. The molecular formula is C7H14N2O2. The van der Waals surface area contributed by atoms with Crippen molar-refractivity contribution in [1.82, 2.24) is 5.32 Å². The lowest BCUT2D eigenvalue weighted by molar-refractivity contribution is -0.123. The normalized spacial score (nSPS) is 26.8. The Bertz CT molecular complexity index is 143. The summed E-state index contributed by atoms with van der Waals surface area (Å²) in [6.45, 7) is 0.779. The van der Waals surface area contributed by atoms with Crippen molar-refractivity contribution >= 4 is 5.91 Å². The van der Waals surface area contributed by atoms with Crippen LogP contribution in [0, 0.1) is 5.92 Å². The minimum absolute atomic E-state index is 0.0949. The molecule has 0 spiro atoms. The largest absolute Gasteiger partial charge is 0.395 e. The van der Waals surface area contributed by atoms with Crippen LogP contribution in [0.2, 0.25) is 0 Å². The summed E-state index contributed by atoms with van der Waals surface area (Å²) in [6.07, 6.45) is 2.00. The third-order valence-corrected chi connectivity index (χ3v) is 2.15. The number of aliphatic hydroxyl groups is 1. The molecule has 1 aliphatic rings. The van der Waals surface area contributed by atoms with E-state index in [2.05, 4.69) is 5.32 Å². The van der Waals surface area contributed by atoms with E-state index in [0.717, 1.165) is 19.4 Å². The maximum Gasteiger partial charge on any atom is 0.224 e. The van der Waals surface area contributed by atoms with Gasteiger partial charge in [-0.1, -0.05) is 0 Å². The van der Waals surface area contributed by atoms with Gasteiger partial charge in [0.1, 0.15) is 0 Å². The minimum atomic E-state index is -0.410. The van der Waals surface area contributed by atoms with Crippen LogP contribution in [0.3, 0.4) is 0 Å². The van der Waals surface area contributed by atoms with Crippen molar-refractivity contribution in [2.24, 2.45) is 11.7 Å². The van der Waals surface area contributed by atoms with Crippen LogP contribution in [0.25, 0.3) is 0 Å². The fraction of sp³-hybridized carbons (Fsp3) is 0.857. The number of primary amides is 1. The molecule has 4 nitrogen and oxygen atoms in total. The van der Waals surface area contributed by atoms with Crippen molar-refractivity contribution < 1.29 is 9.90 Å². The SMILES string of the molecule is NC(=O)C(CO)C1CCCN1. The first-order valence-corrected chi connectivity index (χ1v) is 3.89. The number of amides is 1. The number of hydrogen-bond donors (Lipinski definition) is 3. The molecule has 1 fully saturated rings. The number of nitrogens with two attached hydrogens (primary N) is 1. The molecule has 2 atom stereocenters. The average molecular weight is 158 g/mol. The highest BCUT2D eigenvalue weighted by Crippen LogP contribution is 2.13. The van der Waals surface area contributed by atoms with Gasteiger partial charge in [-0.3, -0.25) is 4.79 Å². The van der Waals surface area contributed by atoms with Gasteiger partial charge in [0.15, 0.2) is 0 Å². The van der Waals surface area contributed by atoms with Crippen molar-refractivity contribution in [2.45, 2.75) is 18.9 Å². The van der Waals surface area contributed by atoms with Crippen molar-refractivity contribution in [3.63, 3.8) is 0 Å². The average Bonchev–Trinajstić information content (AvgIpc) is 2.40. The van der Waals surface area contributed by atoms with Crippen LogP contribution in [-0.4, -0.2) is 30.2 Å². The van der Waals surface area contributed by atoms with E-state index in [-0.39, 0.29) is 12.6 Å². The number of aliphatic hydroxyl groups excluding tert-OH is 1. The molecule has 11 heavy (non-hydrogen) atoms. The third kappa shape index (κ3) is 1.91. The Morgan fingerprint density at radius 1 is 1.82 bits per heavy atom. The second kappa shape index (κ2) is 3.69. The maximum atomic E-state index is 10.7. The molecular weight excluding hydrogens is 144 g/mol. The van der Waals surface area contributed by atoms with Crippen molar-refractivity contribution in [3.05, 3.63) is 0 Å². The van der Waals surface area contributed by atoms with Crippen molar-refractivity contribution in [2.75, 3.05) is 13.2 Å². The molecule has 0 aromatic heterocycles. The van der Waals surface area contributed by atoms with E-state index in [1.807, 2.05) is 0 Å². The highest BCUT2D eigenvalue weighted by atomic mass is 16.3. The second-order valence-electron chi connectivity index (χ2n) is 2.89. The standard InChI is InChI=1S/C7H14N2O2/c8-7(11)5(4-10)6-2-1-3-9-6/h5-6,9-10H,1-4H2,(H2,8,11). The molecule has 0 aliphatic carbocycles. The topological polar surface area (TPSA) is 75.4 Å². The molecule has 0 saturated carbocycles. The van der Waals surface area contributed by atoms with Crippen molar-refractivity contribution in [1.29, 1.82) is 0 Å². The molecule has 1 rings (SSSR count). The van der Waals surface area contributed by atoms with E-state index in [1.165, 1.54) is 0 Å². The van der Waals surface area contributed by atoms with Crippen LogP contribution in [-0.2, 0) is 4.79 Å². The highest BCUT2D eigenvalue weighted by molar-refractivity contribution is 5.77. The summed E-state index contributed by atoms with van der Waals surface area (Å²) in [7, 11) is 0. The quantitative estimate of drug-likeness (QED) is 0.484. The van der Waals surface area contributed by atoms with E-state index in [9.17, 15) is 4.79 Å². The second-order valence-corrected chi connectivity index (χ2v) is 2.89. The number of hydrogen-bond acceptors (Lipinski definition) is 3. The predicted molar refractivity (Wildman–Crippen MR) is 40.8 cm³/mol. The van der Waals surface area contributed by atoms with Gasteiger partial charge in [-0.2, -0.15) is 0 Å². The molecule has 0 aromatic rings. The molecule has 1 heterocycles.